The zero-order valence-electron chi connectivity index (χ0n) is 13.9. The first kappa shape index (κ1) is 17.4. The molecule has 1 N–H and O–H groups in total. The van der Waals surface area contributed by atoms with Gasteiger partial charge in [0, 0.05) is 18.7 Å². The summed E-state index contributed by atoms with van der Waals surface area (Å²) >= 11 is 0. The molecule has 0 radical (unpaired) electrons. The summed E-state index contributed by atoms with van der Waals surface area (Å²) in [5.74, 6) is 0. The number of ether oxygens (including phenoxy) is 1. The van der Waals surface area contributed by atoms with Crippen molar-refractivity contribution in [2.75, 3.05) is 6.54 Å². The summed E-state index contributed by atoms with van der Waals surface area (Å²) in [5.41, 5.74) is 3.70. The molecule has 2 unspecified atom stereocenters. The van der Waals surface area contributed by atoms with Crippen molar-refractivity contribution >= 4 is 5.69 Å². The molecule has 1 saturated heterocycles. The van der Waals surface area contributed by atoms with Gasteiger partial charge in [-0.25, -0.2) is 0 Å². The van der Waals surface area contributed by atoms with Gasteiger partial charge in [-0.05, 0) is 57.4 Å². The maximum Gasteiger partial charge on any atom is 0.269 e. The van der Waals surface area contributed by atoms with Gasteiger partial charge in [-0.1, -0.05) is 17.2 Å². The highest BCUT2D eigenvalue weighted by molar-refractivity contribution is 5.34. The average Bonchev–Trinajstić information content (AvgIpc) is 2.95. The molecule has 2 rings (SSSR count). The van der Waals surface area contributed by atoms with Crippen LogP contribution in [0.4, 0.5) is 5.69 Å². The minimum atomic E-state index is -0.390. The summed E-state index contributed by atoms with van der Waals surface area (Å²) in [6.45, 7) is 7.04. The Morgan fingerprint density at radius 2 is 2.04 bits per heavy atom. The molecule has 1 aliphatic heterocycles. The smallest absolute Gasteiger partial charge is 0.269 e. The monoisotopic (exact) mass is 316 g/mol. The second-order valence-corrected chi connectivity index (χ2v) is 6.14. The summed E-state index contributed by atoms with van der Waals surface area (Å²) in [6, 6.07) is 6.57. The van der Waals surface area contributed by atoms with Crippen molar-refractivity contribution in [1.82, 2.24) is 5.32 Å². The van der Waals surface area contributed by atoms with Crippen LogP contribution in [0.2, 0.25) is 0 Å². The van der Waals surface area contributed by atoms with E-state index in [2.05, 4.69) is 38.2 Å². The van der Waals surface area contributed by atoms with Crippen LogP contribution < -0.4 is 5.32 Å². The third kappa shape index (κ3) is 5.30. The van der Waals surface area contributed by atoms with Gasteiger partial charge in [0.05, 0.1) is 11.0 Å². The number of nitro groups is 1. The van der Waals surface area contributed by atoms with E-state index in [1.165, 1.54) is 23.3 Å². The molecule has 5 heteroatoms. The van der Waals surface area contributed by atoms with Gasteiger partial charge >= 0.3 is 0 Å². The predicted octanol–water partition coefficient (Wildman–Crippen LogP) is 4.27. The van der Waals surface area contributed by atoms with Crippen LogP contribution in [0.5, 0.6) is 0 Å². The van der Waals surface area contributed by atoms with Crippen LogP contribution in [0.25, 0.3) is 0 Å². The number of allylic oxidation sites excluding steroid dienone is 3. The number of rotatable bonds is 6. The summed E-state index contributed by atoms with van der Waals surface area (Å²) in [4.78, 5) is 10.3. The maximum atomic E-state index is 10.7. The quantitative estimate of drug-likeness (QED) is 0.483. The van der Waals surface area contributed by atoms with Crippen molar-refractivity contribution in [2.45, 2.75) is 45.9 Å². The molecule has 5 nitrogen and oxygen atoms in total. The molecule has 0 bridgehead atoms. The van der Waals surface area contributed by atoms with Crippen LogP contribution in [-0.4, -0.2) is 17.7 Å². The van der Waals surface area contributed by atoms with E-state index in [4.69, 9.17) is 4.74 Å². The molecule has 23 heavy (non-hydrogen) atoms. The molecule has 1 aliphatic rings. The first-order chi connectivity index (χ1) is 11.0. The number of nitrogens with zero attached hydrogens (tertiary/aromatic N) is 1. The molecule has 1 heterocycles. The van der Waals surface area contributed by atoms with E-state index in [1.54, 1.807) is 12.1 Å². The number of non-ortho nitro benzene ring substituents is 1. The Labute approximate surface area is 137 Å². The fourth-order valence-electron chi connectivity index (χ4n) is 2.53. The molecular formula is C18H24N2O3. The first-order valence-electron chi connectivity index (χ1n) is 7.89. The van der Waals surface area contributed by atoms with Crippen molar-refractivity contribution < 1.29 is 9.66 Å². The van der Waals surface area contributed by atoms with Crippen LogP contribution >= 0.6 is 0 Å². The molecular weight excluding hydrogens is 292 g/mol. The van der Waals surface area contributed by atoms with Crippen LogP contribution in [0, 0.1) is 10.1 Å². The van der Waals surface area contributed by atoms with Crippen molar-refractivity contribution in [1.29, 1.82) is 0 Å². The Bertz CT molecular complexity index is 601. The first-order valence-corrected chi connectivity index (χ1v) is 7.89. The number of hydrogen-bond acceptors (Lipinski definition) is 4. The van der Waals surface area contributed by atoms with E-state index in [1.807, 2.05) is 0 Å². The lowest BCUT2D eigenvalue weighted by Crippen LogP contribution is -2.20. The lowest BCUT2D eigenvalue weighted by Gasteiger charge is -2.11. The van der Waals surface area contributed by atoms with Gasteiger partial charge in [-0.2, -0.15) is 0 Å². The second kappa shape index (κ2) is 8.04. The molecule has 2 atom stereocenters. The van der Waals surface area contributed by atoms with Crippen molar-refractivity contribution in [2.24, 2.45) is 0 Å². The summed E-state index contributed by atoms with van der Waals surface area (Å²) < 4.78 is 5.97. The van der Waals surface area contributed by atoms with Crippen LogP contribution in [-0.2, 0) is 4.74 Å². The molecule has 1 aromatic rings. The van der Waals surface area contributed by atoms with Crippen LogP contribution in [0.1, 0.15) is 45.3 Å². The van der Waals surface area contributed by atoms with Gasteiger partial charge < -0.3 is 4.74 Å². The van der Waals surface area contributed by atoms with Gasteiger partial charge in [0.15, 0.2) is 0 Å². The standard InChI is InChI=1S/C18H24N2O3/c1-13(2)5-4-6-14(3)11-18-19-12-17(23-18)15-7-9-16(10-8-15)20(21)22/h5,7-11,17-19H,4,6,12H2,1-3H3. The van der Waals surface area contributed by atoms with Gasteiger partial charge in [0.2, 0.25) is 0 Å². The Kier molecular flexibility index (Phi) is 6.07. The van der Waals surface area contributed by atoms with Gasteiger partial charge in [0.1, 0.15) is 6.23 Å². The second-order valence-electron chi connectivity index (χ2n) is 6.14. The van der Waals surface area contributed by atoms with E-state index in [9.17, 15) is 10.1 Å². The SMILES string of the molecule is CC(C)=CCCC(C)=CC1NCC(c2ccc([N+](=O)[O-])cc2)O1. The van der Waals surface area contributed by atoms with Gasteiger partial charge in [0.25, 0.3) is 5.69 Å². The highest BCUT2D eigenvalue weighted by atomic mass is 16.6. The van der Waals surface area contributed by atoms with Gasteiger partial charge in [-0.15, -0.1) is 0 Å². The largest absolute Gasteiger partial charge is 0.350 e. The summed E-state index contributed by atoms with van der Waals surface area (Å²) in [5, 5.41) is 14.0. The fourth-order valence-corrected chi connectivity index (χ4v) is 2.53. The number of benzene rings is 1. The Hall–Kier alpha value is -1.98. The third-order valence-electron chi connectivity index (χ3n) is 3.82. The molecule has 0 saturated carbocycles. The van der Waals surface area contributed by atoms with E-state index < -0.39 is 0 Å². The third-order valence-corrected chi connectivity index (χ3v) is 3.82. The van der Waals surface area contributed by atoms with Crippen molar-refractivity contribution in [3.8, 4) is 0 Å². The van der Waals surface area contributed by atoms with Gasteiger partial charge in [-0.3, -0.25) is 15.4 Å². The summed E-state index contributed by atoms with van der Waals surface area (Å²) in [7, 11) is 0. The van der Waals surface area contributed by atoms with E-state index in [-0.39, 0.29) is 22.9 Å². The minimum absolute atomic E-state index is 0.0670. The highest BCUT2D eigenvalue weighted by Gasteiger charge is 2.24. The Morgan fingerprint density at radius 1 is 1.35 bits per heavy atom. The average molecular weight is 316 g/mol. The summed E-state index contributed by atoms with van der Waals surface area (Å²) in [6.07, 6.45) is 6.26. The Morgan fingerprint density at radius 3 is 2.65 bits per heavy atom. The molecule has 1 aromatic carbocycles. The number of nitro benzene ring substituents is 1. The lowest BCUT2D eigenvalue weighted by atomic mass is 10.1. The lowest BCUT2D eigenvalue weighted by molar-refractivity contribution is -0.384. The highest BCUT2D eigenvalue weighted by Crippen LogP contribution is 2.25. The molecule has 0 spiro atoms. The minimum Gasteiger partial charge on any atom is -0.350 e. The maximum absolute atomic E-state index is 10.7. The molecule has 1 fully saturated rings. The zero-order chi connectivity index (χ0) is 16.8. The van der Waals surface area contributed by atoms with Crippen molar-refractivity contribution in [3.05, 3.63) is 63.2 Å². The topological polar surface area (TPSA) is 64.4 Å². The fraction of sp³-hybridized carbons (Fsp3) is 0.444. The Balaban J connectivity index is 1.90. The van der Waals surface area contributed by atoms with E-state index in [0.29, 0.717) is 6.54 Å². The number of nitrogens with one attached hydrogen (secondary N) is 1. The zero-order valence-corrected chi connectivity index (χ0v) is 13.9. The predicted molar refractivity (Wildman–Crippen MR) is 91.1 cm³/mol. The molecule has 124 valence electrons. The van der Waals surface area contributed by atoms with E-state index >= 15 is 0 Å². The molecule has 0 amide bonds. The molecule has 0 aromatic heterocycles. The number of hydrogen-bond donors (Lipinski definition) is 1. The molecule has 0 aliphatic carbocycles. The van der Waals surface area contributed by atoms with Crippen LogP contribution in [0.3, 0.4) is 0 Å². The van der Waals surface area contributed by atoms with Crippen LogP contribution in [0.15, 0.2) is 47.6 Å². The van der Waals surface area contributed by atoms with Crippen molar-refractivity contribution in [3.63, 3.8) is 0 Å². The normalized spacial score (nSPS) is 21.3. The van der Waals surface area contributed by atoms with E-state index in [0.717, 1.165) is 18.4 Å².